The largest absolute Gasteiger partial charge is 0.480 e. The number of hydrogen-bond donors (Lipinski definition) is 1. The Balaban J connectivity index is 1.81. The molecule has 2 aromatic carbocycles. The van der Waals surface area contributed by atoms with E-state index in [1.807, 2.05) is 48.5 Å². The fourth-order valence-corrected chi connectivity index (χ4v) is 4.41. The minimum atomic E-state index is -0.299. The van der Waals surface area contributed by atoms with Gasteiger partial charge in [-0.1, -0.05) is 12.1 Å². The molecular weight excluding hydrogens is 485 g/mol. The van der Waals surface area contributed by atoms with Gasteiger partial charge in [0.1, 0.15) is 11.5 Å². The fraction of sp³-hybridized carbons (Fsp3) is 0.207. The van der Waals surface area contributed by atoms with Crippen LogP contribution in [0.1, 0.15) is 0 Å². The molecule has 0 unspecified atom stereocenters. The molecule has 0 bridgehead atoms. The highest BCUT2D eigenvalue weighted by molar-refractivity contribution is 5.84. The summed E-state index contributed by atoms with van der Waals surface area (Å²) < 4.78 is 32.1. The average molecular weight is 514 g/mol. The number of nitrogens with one attached hydrogen (secondary N) is 1. The van der Waals surface area contributed by atoms with Gasteiger partial charge in [0.15, 0.2) is 0 Å². The van der Waals surface area contributed by atoms with Gasteiger partial charge in [0.25, 0.3) is 0 Å². The SMILES string of the molecule is COCC(COC)N=c1cc2n(-c3ccc(F)cc3)c3ccccc3nc-2cc1Nc1cccnc1OC. The standard InChI is InChI=1S/C29H28FN5O3/c1-36-17-20(18-37-2)32-25-16-28-26(15-24(25)34-23-8-6-14-31-29(23)38-3)33-22-7-4-5-9-27(22)35(28)21-12-10-19(30)11-13-21/h4-16,20,34H,17-18H2,1-3H3. The average Bonchev–Trinajstić information content (AvgIpc) is 2.93. The van der Waals surface area contributed by atoms with Crippen LogP contribution >= 0.6 is 0 Å². The highest BCUT2D eigenvalue weighted by Gasteiger charge is 2.18. The minimum Gasteiger partial charge on any atom is -0.480 e. The van der Waals surface area contributed by atoms with Crippen LogP contribution in [0.25, 0.3) is 28.1 Å². The lowest BCUT2D eigenvalue weighted by Crippen LogP contribution is -2.24. The number of halogens is 1. The Morgan fingerprint density at radius 3 is 2.42 bits per heavy atom. The smallest absolute Gasteiger partial charge is 0.237 e. The summed E-state index contributed by atoms with van der Waals surface area (Å²) in [5, 5.41) is 4.10. The van der Waals surface area contributed by atoms with E-state index in [1.54, 1.807) is 39.7 Å². The van der Waals surface area contributed by atoms with E-state index in [0.717, 1.165) is 33.8 Å². The van der Waals surface area contributed by atoms with Gasteiger partial charge < -0.3 is 24.1 Å². The van der Waals surface area contributed by atoms with Crippen molar-refractivity contribution >= 4 is 22.4 Å². The number of rotatable bonds is 9. The Morgan fingerprint density at radius 1 is 0.921 bits per heavy atom. The summed E-state index contributed by atoms with van der Waals surface area (Å²) in [6.45, 7) is 0.769. The second kappa shape index (κ2) is 11.4. The molecule has 0 radical (unpaired) electrons. The second-order valence-corrected chi connectivity index (χ2v) is 8.65. The van der Waals surface area contributed by atoms with Crippen molar-refractivity contribution in [2.45, 2.75) is 6.04 Å². The van der Waals surface area contributed by atoms with Crippen LogP contribution in [0.5, 0.6) is 5.88 Å². The third-order valence-corrected chi connectivity index (χ3v) is 6.06. The van der Waals surface area contributed by atoms with E-state index in [0.29, 0.717) is 30.1 Å². The highest BCUT2D eigenvalue weighted by Crippen LogP contribution is 2.31. The lowest BCUT2D eigenvalue weighted by Gasteiger charge is -2.21. The highest BCUT2D eigenvalue weighted by atomic mass is 19.1. The molecule has 2 aliphatic rings. The maximum Gasteiger partial charge on any atom is 0.237 e. The van der Waals surface area contributed by atoms with Gasteiger partial charge >= 0.3 is 0 Å². The summed E-state index contributed by atoms with van der Waals surface area (Å²) in [4.78, 5) is 14.2. The monoisotopic (exact) mass is 513 g/mol. The normalized spacial score (nSPS) is 12.0. The molecule has 8 nitrogen and oxygen atoms in total. The van der Waals surface area contributed by atoms with Gasteiger partial charge in [-0.15, -0.1) is 0 Å². The van der Waals surface area contributed by atoms with E-state index in [1.165, 1.54) is 12.1 Å². The van der Waals surface area contributed by atoms with Crippen LogP contribution in [0.4, 0.5) is 15.8 Å². The molecule has 0 spiro atoms. The van der Waals surface area contributed by atoms with Crippen LogP contribution in [0.3, 0.4) is 0 Å². The quantitative estimate of drug-likeness (QED) is 0.280. The van der Waals surface area contributed by atoms with Crippen LogP contribution in [-0.4, -0.2) is 55.1 Å². The summed E-state index contributed by atoms with van der Waals surface area (Å²) in [5.74, 6) is 0.156. The summed E-state index contributed by atoms with van der Waals surface area (Å²) in [5.41, 5.74) is 5.44. The van der Waals surface area contributed by atoms with Crippen molar-refractivity contribution in [2.75, 3.05) is 39.9 Å². The molecule has 0 fully saturated rings. The van der Waals surface area contributed by atoms with Crippen molar-refractivity contribution in [3.63, 3.8) is 0 Å². The number of ether oxygens (including phenoxy) is 3. The first kappa shape index (κ1) is 25.3. The molecule has 0 saturated heterocycles. The van der Waals surface area contributed by atoms with Crippen molar-refractivity contribution in [2.24, 2.45) is 4.99 Å². The summed E-state index contributed by atoms with van der Waals surface area (Å²) >= 11 is 0. The van der Waals surface area contributed by atoms with Crippen LogP contribution in [0.15, 0.2) is 84.0 Å². The third kappa shape index (κ3) is 5.20. The Morgan fingerprint density at radius 2 is 1.68 bits per heavy atom. The first-order chi connectivity index (χ1) is 18.6. The van der Waals surface area contributed by atoms with Crippen molar-refractivity contribution < 1.29 is 18.6 Å². The van der Waals surface area contributed by atoms with Crippen LogP contribution < -0.4 is 15.4 Å². The second-order valence-electron chi connectivity index (χ2n) is 8.65. The molecule has 38 heavy (non-hydrogen) atoms. The summed E-state index contributed by atoms with van der Waals surface area (Å²) in [7, 11) is 4.85. The van der Waals surface area contributed by atoms with Gasteiger partial charge in [-0.2, -0.15) is 0 Å². The van der Waals surface area contributed by atoms with Crippen molar-refractivity contribution in [1.82, 2.24) is 14.5 Å². The first-order valence-corrected chi connectivity index (χ1v) is 12.1. The predicted molar refractivity (Wildman–Crippen MR) is 145 cm³/mol. The molecule has 0 amide bonds. The van der Waals surface area contributed by atoms with E-state index in [-0.39, 0.29) is 11.9 Å². The lowest BCUT2D eigenvalue weighted by atomic mass is 10.1. The number of anilines is 2. The number of fused-ring (bicyclic) bond motifs is 2. The van der Waals surface area contributed by atoms with E-state index >= 15 is 0 Å². The van der Waals surface area contributed by atoms with E-state index in [2.05, 4.69) is 14.9 Å². The number of nitrogens with zero attached hydrogens (tertiary/aromatic N) is 4. The number of para-hydroxylation sites is 2. The summed E-state index contributed by atoms with van der Waals surface area (Å²) in [6.07, 6.45) is 1.67. The maximum absolute atomic E-state index is 13.8. The molecule has 1 aliphatic carbocycles. The maximum atomic E-state index is 13.8. The molecule has 0 saturated carbocycles. The Kier molecular flexibility index (Phi) is 7.57. The Hall–Kier alpha value is -4.34. The van der Waals surface area contributed by atoms with Crippen molar-refractivity contribution in [3.8, 4) is 23.0 Å². The number of hydrogen-bond acceptors (Lipinski definition) is 7. The van der Waals surface area contributed by atoms with Crippen molar-refractivity contribution in [3.05, 3.63) is 90.2 Å². The van der Waals surface area contributed by atoms with Gasteiger partial charge in [-0.3, -0.25) is 4.99 Å². The van der Waals surface area contributed by atoms with E-state index < -0.39 is 0 Å². The molecule has 1 N–H and O–H groups in total. The van der Waals surface area contributed by atoms with Gasteiger partial charge in [-0.05, 0) is 60.7 Å². The molecule has 3 aromatic rings. The van der Waals surface area contributed by atoms with E-state index in [4.69, 9.17) is 24.2 Å². The van der Waals surface area contributed by atoms with E-state index in [9.17, 15) is 4.39 Å². The minimum absolute atomic E-state index is 0.244. The topological polar surface area (TPSA) is 82.8 Å². The molecule has 194 valence electrons. The number of methoxy groups -OCH3 is 3. The fourth-order valence-electron chi connectivity index (χ4n) is 4.41. The molecule has 1 aromatic heterocycles. The zero-order valence-electron chi connectivity index (χ0n) is 21.4. The van der Waals surface area contributed by atoms with Gasteiger partial charge in [-0.25, -0.2) is 14.4 Å². The number of benzene rings is 3. The first-order valence-electron chi connectivity index (χ1n) is 12.1. The molecule has 2 heterocycles. The number of pyridine rings is 1. The lowest BCUT2D eigenvalue weighted by molar-refractivity contribution is 0.118. The van der Waals surface area contributed by atoms with Crippen LogP contribution in [-0.2, 0) is 9.47 Å². The number of aromatic nitrogens is 3. The summed E-state index contributed by atoms with van der Waals surface area (Å²) in [6, 6.07) is 21.6. The molecule has 1 aliphatic heterocycles. The third-order valence-electron chi connectivity index (χ3n) is 6.06. The zero-order valence-corrected chi connectivity index (χ0v) is 21.4. The Labute approximate surface area is 219 Å². The molecule has 5 rings (SSSR count). The van der Waals surface area contributed by atoms with Crippen molar-refractivity contribution in [1.29, 1.82) is 0 Å². The Bertz CT molecular complexity index is 1580. The molecule has 0 atom stereocenters. The van der Waals surface area contributed by atoms with Gasteiger partial charge in [0.2, 0.25) is 5.88 Å². The van der Waals surface area contributed by atoms with Gasteiger partial charge in [0.05, 0.1) is 59.8 Å². The van der Waals surface area contributed by atoms with Crippen LogP contribution in [0.2, 0.25) is 0 Å². The molecule has 9 heteroatoms. The predicted octanol–water partition coefficient (Wildman–Crippen LogP) is 4.98. The zero-order chi connectivity index (χ0) is 26.5. The molecular formula is C29H28FN5O3. The van der Waals surface area contributed by atoms with Gasteiger partial charge in [0, 0.05) is 26.1 Å². The van der Waals surface area contributed by atoms with Crippen LogP contribution in [0, 0.1) is 5.82 Å².